The normalized spacial score (nSPS) is 21.0. The second kappa shape index (κ2) is 7.94. The number of hydrogen-bond acceptors (Lipinski definition) is 5. The fourth-order valence-electron chi connectivity index (χ4n) is 3.80. The van der Waals surface area contributed by atoms with E-state index in [-0.39, 0.29) is 5.91 Å². The van der Waals surface area contributed by atoms with Crippen LogP contribution in [0.3, 0.4) is 0 Å². The number of carbonyl (C=O) groups excluding carboxylic acids is 1. The molecule has 1 aromatic rings. The van der Waals surface area contributed by atoms with Crippen molar-refractivity contribution in [3.8, 4) is 5.88 Å². The lowest BCUT2D eigenvalue weighted by Gasteiger charge is -2.41. The van der Waals surface area contributed by atoms with Gasteiger partial charge in [0.1, 0.15) is 5.56 Å². The minimum Gasteiger partial charge on any atom is -0.480 e. The Hall–Kier alpha value is -1.66. The third kappa shape index (κ3) is 3.70. The number of amides is 1. The predicted molar refractivity (Wildman–Crippen MR) is 91.3 cm³/mol. The van der Waals surface area contributed by atoms with Crippen LogP contribution in [0.25, 0.3) is 0 Å². The van der Waals surface area contributed by atoms with E-state index in [0.29, 0.717) is 23.6 Å². The number of methoxy groups -OCH3 is 2. The third-order valence-electron chi connectivity index (χ3n) is 5.27. The molecule has 0 aliphatic carbocycles. The zero-order valence-corrected chi connectivity index (χ0v) is 14.6. The first-order valence-corrected chi connectivity index (χ1v) is 8.78. The quantitative estimate of drug-likeness (QED) is 0.841. The Kier molecular flexibility index (Phi) is 5.68. The largest absolute Gasteiger partial charge is 0.480 e. The molecule has 0 atom stereocenters. The molecule has 2 aliphatic rings. The summed E-state index contributed by atoms with van der Waals surface area (Å²) in [6.45, 7) is 3.80. The first-order chi connectivity index (χ1) is 11.7. The van der Waals surface area contributed by atoms with Crippen LogP contribution in [0.5, 0.6) is 5.88 Å². The third-order valence-corrected chi connectivity index (χ3v) is 5.27. The van der Waals surface area contributed by atoms with Crippen LogP contribution >= 0.6 is 0 Å². The van der Waals surface area contributed by atoms with Gasteiger partial charge in [-0.25, -0.2) is 4.98 Å². The maximum Gasteiger partial charge on any atom is 0.259 e. The fraction of sp³-hybridized carbons (Fsp3) is 0.667. The van der Waals surface area contributed by atoms with Crippen molar-refractivity contribution in [3.63, 3.8) is 0 Å². The number of pyridine rings is 1. The first-order valence-electron chi connectivity index (χ1n) is 8.78. The van der Waals surface area contributed by atoms with Gasteiger partial charge in [-0.1, -0.05) is 0 Å². The summed E-state index contributed by atoms with van der Waals surface area (Å²) in [6.07, 6.45) is 6.36. The molecule has 1 aromatic heterocycles. The average Bonchev–Trinajstić information content (AvgIpc) is 2.67. The lowest BCUT2D eigenvalue weighted by atomic mass is 9.98. The molecule has 0 unspecified atom stereocenters. The van der Waals surface area contributed by atoms with E-state index in [0.717, 1.165) is 51.9 Å². The Morgan fingerprint density at radius 3 is 2.46 bits per heavy atom. The lowest BCUT2D eigenvalue weighted by molar-refractivity contribution is 0.0145. The summed E-state index contributed by atoms with van der Waals surface area (Å²) in [5, 5.41) is 0. The number of hydrogen-bond donors (Lipinski definition) is 0. The number of aromatic nitrogens is 1. The van der Waals surface area contributed by atoms with Gasteiger partial charge < -0.3 is 19.3 Å². The summed E-state index contributed by atoms with van der Waals surface area (Å²) in [5.74, 6) is 0.433. The molecule has 6 heteroatoms. The van der Waals surface area contributed by atoms with E-state index < -0.39 is 0 Å². The smallest absolute Gasteiger partial charge is 0.259 e. The molecule has 2 fully saturated rings. The van der Waals surface area contributed by atoms with E-state index in [1.807, 2.05) is 4.90 Å². The van der Waals surface area contributed by atoms with Gasteiger partial charge in [0.05, 0.1) is 13.2 Å². The molecule has 24 heavy (non-hydrogen) atoms. The maximum atomic E-state index is 12.7. The van der Waals surface area contributed by atoms with Crippen LogP contribution in [0.15, 0.2) is 18.3 Å². The molecular weight excluding hydrogens is 306 g/mol. The minimum absolute atomic E-state index is 0.0245. The number of carbonyl (C=O) groups is 1. The molecule has 0 radical (unpaired) electrons. The standard InChI is InChI=1S/C18H27N3O3/c1-23-15-7-12-20(13-8-15)14-5-10-21(11-6-14)18(22)16-4-3-9-19-17(16)24-2/h3-4,9,14-15H,5-8,10-13H2,1-2H3. The SMILES string of the molecule is COc1ncccc1C(=O)N1CCC(N2CCC(OC)CC2)CC1. The summed E-state index contributed by atoms with van der Waals surface area (Å²) in [6, 6.07) is 4.15. The monoisotopic (exact) mass is 333 g/mol. The zero-order valence-electron chi connectivity index (χ0n) is 14.6. The van der Waals surface area contributed by atoms with Gasteiger partial charge in [0.15, 0.2) is 0 Å². The van der Waals surface area contributed by atoms with Crippen molar-refractivity contribution < 1.29 is 14.3 Å². The Bertz CT molecular complexity index is 550. The van der Waals surface area contributed by atoms with Gasteiger partial charge in [0.2, 0.25) is 5.88 Å². The molecular formula is C18H27N3O3. The second-order valence-electron chi connectivity index (χ2n) is 6.55. The topological polar surface area (TPSA) is 54.9 Å². The van der Waals surface area contributed by atoms with E-state index in [1.165, 1.54) is 0 Å². The van der Waals surface area contributed by atoms with Crippen LogP contribution in [-0.4, -0.2) is 73.2 Å². The summed E-state index contributed by atoms with van der Waals surface area (Å²) in [5.41, 5.74) is 0.555. The van der Waals surface area contributed by atoms with Crippen molar-refractivity contribution in [2.24, 2.45) is 0 Å². The number of nitrogens with zero attached hydrogens (tertiary/aromatic N) is 3. The molecule has 2 aliphatic heterocycles. The van der Waals surface area contributed by atoms with E-state index >= 15 is 0 Å². The number of rotatable bonds is 4. The minimum atomic E-state index is 0.0245. The number of likely N-dealkylation sites (tertiary alicyclic amines) is 2. The molecule has 6 nitrogen and oxygen atoms in total. The molecule has 132 valence electrons. The van der Waals surface area contributed by atoms with Gasteiger partial charge >= 0.3 is 0 Å². The van der Waals surface area contributed by atoms with Crippen LogP contribution in [0, 0.1) is 0 Å². The molecule has 0 bridgehead atoms. The van der Waals surface area contributed by atoms with Gasteiger partial charge in [0.25, 0.3) is 5.91 Å². The molecule has 0 aromatic carbocycles. The van der Waals surface area contributed by atoms with Crippen LogP contribution in [0.4, 0.5) is 0 Å². The molecule has 3 rings (SSSR count). The fourth-order valence-corrected chi connectivity index (χ4v) is 3.80. The molecule has 0 spiro atoms. The highest BCUT2D eigenvalue weighted by atomic mass is 16.5. The van der Waals surface area contributed by atoms with E-state index in [9.17, 15) is 4.79 Å². The molecule has 0 saturated carbocycles. The first kappa shape index (κ1) is 17.2. The van der Waals surface area contributed by atoms with Crippen LogP contribution in [0.1, 0.15) is 36.0 Å². The van der Waals surface area contributed by atoms with Crippen molar-refractivity contribution >= 4 is 5.91 Å². The van der Waals surface area contributed by atoms with E-state index in [4.69, 9.17) is 9.47 Å². The van der Waals surface area contributed by atoms with Crippen molar-refractivity contribution in [1.82, 2.24) is 14.8 Å². The van der Waals surface area contributed by atoms with Crippen LogP contribution in [0.2, 0.25) is 0 Å². The van der Waals surface area contributed by atoms with Gasteiger partial charge in [-0.05, 0) is 37.8 Å². The van der Waals surface area contributed by atoms with Gasteiger partial charge in [-0.15, -0.1) is 0 Å². The Balaban J connectivity index is 1.54. The highest BCUT2D eigenvalue weighted by molar-refractivity contribution is 5.96. The average molecular weight is 333 g/mol. The van der Waals surface area contributed by atoms with E-state index in [2.05, 4.69) is 9.88 Å². The summed E-state index contributed by atoms with van der Waals surface area (Å²) < 4.78 is 10.7. The van der Waals surface area contributed by atoms with Gasteiger partial charge in [-0.2, -0.15) is 0 Å². The van der Waals surface area contributed by atoms with Crippen LogP contribution in [-0.2, 0) is 4.74 Å². The van der Waals surface area contributed by atoms with Gasteiger partial charge in [-0.3, -0.25) is 4.79 Å². The highest BCUT2D eigenvalue weighted by Gasteiger charge is 2.30. The van der Waals surface area contributed by atoms with Gasteiger partial charge in [0, 0.05) is 45.5 Å². The molecule has 1 amide bonds. The van der Waals surface area contributed by atoms with Crippen molar-refractivity contribution in [3.05, 3.63) is 23.9 Å². The highest BCUT2D eigenvalue weighted by Crippen LogP contribution is 2.24. The Morgan fingerprint density at radius 1 is 1.12 bits per heavy atom. The lowest BCUT2D eigenvalue weighted by Crippen LogP contribution is -2.49. The summed E-state index contributed by atoms with van der Waals surface area (Å²) in [7, 11) is 3.35. The molecule has 0 N–H and O–H groups in total. The van der Waals surface area contributed by atoms with Crippen molar-refractivity contribution in [1.29, 1.82) is 0 Å². The second-order valence-corrected chi connectivity index (χ2v) is 6.55. The van der Waals surface area contributed by atoms with E-state index in [1.54, 1.807) is 32.5 Å². The van der Waals surface area contributed by atoms with Crippen molar-refractivity contribution in [2.75, 3.05) is 40.4 Å². The molecule has 3 heterocycles. The summed E-state index contributed by atoms with van der Waals surface area (Å²) in [4.78, 5) is 21.3. The van der Waals surface area contributed by atoms with Crippen LogP contribution < -0.4 is 4.74 Å². The molecule has 2 saturated heterocycles. The van der Waals surface area contributed by atoms with Crippen molar-refractivity contribution in [2.45, 2.75) is 37.8 Å². The maximum absolute atomic E-state index is 12.7. The zero-order chi connectivity index (χ0) is 16.9. The number of piperidine rings is 2. The number of ether oxygens (including phenoxy) is 2. The Morgan fingerprint density at radius 2 is 1.83 bits per heavy atom. The summed E-state index contributed by atoms with van der Waals surface area (Å²) >= 11 is 0. The predicted octanol–water partition coefficient (Wildman–Crippen LogP) is 1.81. The Labute approximate surface area is 143 Å².